The molecule has 0 unspecified atom stereocenters. The van der Waals surface area contributed by atoms with E-state index in [0.717, 1.165) is 16.0 Å². The number of anilines is 1. The number of nitrogens with one attached hydrogen (secondary N) is 1. The lowest BCUT2D eigenvalue weighted by Crippen LogP contribution is -2.12. The molecule has 104 valence electrons. The van der Waals surface area contributed by atoms with Gasteiger partial charge in [0.2, 0.25) is 5.13 Å². The van der Waals surface area contributed by atoms with Gasteiger partial charge >= 0.3 is 0 Å². The van der Waals surface area contributed by atoms with E-state index in [-0.39, 0.29) is 5.91 Å². The van der Waals surface area contributed by atoms with Gasteiger partial charge in [-0.1, -0.05) is 46.8 Å². The molecule has 1 heterocycles. The average Bonchev–Trinajstić information content (AvgIpc) is 3.17. The Morgan fingerprint density at radius 1 is 1.40 bits per heavy atom. The van der Waals surface area contributed by atoms with E-state index in [1.54, 1.807) is 36.0 Å². The Hall–Kier alpha value is -1.11. The molecular weight excluding hydrogens is 314 g/mol. The van der Waals surface area contributed by atoms with Crippen molar-refractivity contribution >= 4 is 45.7 Å². The van der Waals surface area contributed by atoms with E-state index in [2.05, 4.69) is 15.5 Å². The summed E-state index contributed by atoms with van der Waals surface area (Å²) in [6.07, 6.45) is 2.64. The molecule has 1 aromatic carbocycles. The highest BCUT2D eigenvalue weighted by Crippen LogP contribution is 2.36. The minimum atomic E-state index is -0.259. The third-order valence-corrected chi connectivity index (χ3v) is 5.42. The lowest BCUT2D eigenvalue weighted by Gasteiger charge is -2.02. The standard InChI is InChI=1S/C13H12ClN3OS2/c14-10-4-2-1-3-9(10)11(18)15-12-16-17-13(20-12)19-7-8-5-6-8/h1-4,8H,5-7H2,(H,15,16,18). The summed E-state index contributed by atoms with van der Waals surface area (Å²) in [5, 5.41) is 11.7. The SMILES string of the molecule is O=C(Nc1nnc(SCC2CC2)s1)c1ccccc1Cl. The summed E-state index contributed by atoms with van der Waals surface area (Å²) in [5.74, 6) is 1.67. The highest BCUT2D eigenvalue weighted by Gasteiger charge is 2.22. The lowest BCUT2D eigenvalue weighted by molar-refractivity contribution is 0.102. The molecule has 1 saturated carbocycles. The summed E-state index contributed by atoms with van der Waals surface area (Å²) in [4.78, 5) is 12.1. The first kappa shape index (κ1) is 13.9. The molecule has 2 aromatic rings. The molecule has 1 aliphatic carbocycles. The number of hydrogen-bond donors (Lipinski definition) is 1. The number of aromatic nitrogens is 2. The van der Waals surface area contributed by atoms with Crippen LogP contribution in [-0.4, -0.2) is 21.9 Å². The Bertz CT molecular complexity index is 628. The first-order valence-corrected chi connectivity index (χ1v) is 8.42. The molecule has 1 aliphatic rings. The van der Waals surface area contributed by atoms with Gasteiger partial charge in [0, 0.05) is 5.75 Å². The highest BCUT2D eigenvalue weighted by molar-refractivity contribution is 8.01. The van der Waals surface area contributed by atoms with Crippen LogP contribution < -0.4 is 5.32 Å². The number of benzene rings is 1. The smallest absolute Gasteiger partial charge is 0.259 e. The number of amides is 1. The van der Waals surface area contributed by atoms with Gasteiger partial charge in [0.25, 0.3) is 5.91 Å². The van der Waals surface area contributed by atoms with E-state index >= 15 is 0 Å². The Kier molecular flexibility index (Phi) is 4.24. The summed E-state index contributed by atoms with van der Waals surface area (Å²) < 4.78 is 0.895. The average molecular weight is 326 g/mol. The zero-order valence-electron chi connectivity index (χ0n) is 10.5. The van der Waals surface area contributed by atoms with Gasteiger partial charge in [0.15, 0.2) is 4.34 Å². The van der Waals surface area contributed by atoms with Gasteiger partial charge in [-0.3, -0.25) is 10.1 Å². The van der Waals surface area contributed by atoms with Crippen molar-refractivity contribution in [2.24, 2.45) is 5.92 Å². The van der Waals surface area contributed by atoms with E-state index in [9.17, 15) is 4.79 Å². The largest absolute Gasteiger partial charge is 0.296 e. The number of hydrogen-bond acceptors (Lipinski definition) is 5. The second-order valence-corrected chi connectivity index (χ2v) is 7.21. The van der Waals surface area contributed by atoms with Crippen LogP contribution in [0.1, 0.15) is 23.2 Å². The minimum absolute atomic E-state index is 0.259. The van der Waals surface area contributed by atoms with Crippen molar-refractivity contribution in [2.75, 3.05) is 11.1 Å². The molecule has 0 aliphatic heterocycles. The Balaban J connectivity index is 1.62. The minimum Gasteiger partial charge on any atom is -0.296 e. The Labute approximate surface area is 129 Å². The molecule has 20 heavy (non-hydrogen) atoms. The van der Waals surface area contributed by atoms with Crippen LogP contribution in [0.15, 0.2) is 28.6 Å². The second kappa shape index (κ2) is 6.11. The van der Waals surface area contributed by atoms with Gasteiger partial charge in [-0.2, -0.15) is 0 Å². The number of thioether (sulfide) groups is 1. The van der Waals surface area contributed by atoms with E-state index in [1.807, 2.05) is 0 Å². The third-order valence-electron chi connectivity index (χ3n) is 2.88. The van der Waals surface area contributed by atoms with E-state index in [0.29, 0.717) is 15.7 Å². The van der Waals surface area contributed by atoms with Crippen molar-refractivity contribution in [3.8, 4) is 0 Å². The van der Waals surface area contributed by atoms with Crippen molar-refractivity contribution in [3.05, 3.63) is 34.9 Å². The number of carbonyl (C=O) groups is 1. The van der Waals surface area contributed by atoms with Crippen LogP contribution in [0.4, 0.5) is 5.13 Å². The Morgan fingerprint density at radius 2 is 2.20 bits per heavy atom. The van der Waals surface area contributed by atoms with Crippen molar-refractivity contribution in [1.82, 2.24) is 10.2 Å². The first-order chi connectivity index (χ1) is 9.72. The zero-order chi connectivity index (χ0) is 13.9. The topological polar surface area (TPSA) is 54.9 Å². The van der Waals surface area contributed by atoms with Crippen molar-refractivity contribution in [1.29, 1.82) is 0 Å². The molecule has 3 rings (SSSR count). The second-order valence-electron chi connectivity index (χ2n) is 4.56. The number of rotatable bonds is 5. The molecule has 1 aromatic heterocycles. The van der Waals surface area contributed by atoms with E-state index in [4.69, 9.17) is 11.6 Å². The number of nitrogens with zero attached hydrogens (tertiary/aromatic N) is 2. The van der Waals surface area contributed by atoms with Crippen LogP contribution in [0.5, 0.6) is 0 Å². The van der Waals surface area contributed by atoms with Gasteiger partial charge in [-0.25, -0.2) is 0 Å². The highest BCUT2D eigenvalue weighted by atomic mass is 35.5. The van der Waals surface area contributed by atoms with E-state index < -0.39 is 0 Å². The van der Waals surface area contributed by atoms with Crippen molar-refractivity contribution in [3.63, 3.8) is 0 Å². The van der Waals surface area contributed by atoms with Crippen LogP contribution in [0, 0.1) is 5.92 Å². The maximum atomic E-state index is 12.1. The quantitative estimate of drug-likeness (QED) is 0.668. The van der Waals surface area contributed by atoms with Crippen LogP contribution >= 0.6 is 34.7 Å². The van der Waals surface area contributed by atoms with Gasteiger partial charge in [-0.15, -0.1) is 10.2 Å². The molecule has 0 saturated heterocycles. The normalized spacial score (nSPS) is 14.2. The first-order valence-electron chi connectivity index (χ1n) is 6.24. The molecular formula is C13H12ClN3OS2. The molecule has 1 amide bonds. The fraction of sp³-hybridized carbons (Fsp3) is 0.308. The van der Waals surface area contributed by atoms with Crippen LogP contribution in [-0.2, 0) is 0 Å². The van der Waals surface area contributed by atoms with Gasteiger partial charge in [0.05, 0.1) is 10.6 Å². The zero-order valence-corrected chi connectivity index (χ0v) is 12.9. The summed E-state index contributed by atoms with van der Waals surface area (Å²) in [7, 11) is 0. The van der Waals surface area contributed by atoms with Crippen molar-refractivity contribution in [2.45, 2.75) is 17.2 Å². The number of halogens is 1. The molecule has 1 fully saturated rings. The van der Waals surface area contributed by atoms with Crippen LogP contribution in [0.3, 0.4) is 0 Å². The summed E-state index contributed by atoms with van der Waals surface area (Å²) >= 11 is 9.09. The van der Waals surface area contributed by atoms with Crippen molar-refractivity contribution < 1.29 is 4.79 Å². The molecule has 4 nitrogen and oxygen atoms in total. The molecule has 7 heteroatoms. The fourth-order valence-corrected chi connectivity index (χ4v) is 3.78. The number of carbonyl (C=O) groups excluding carboxylic acids is 1. The molecule has 0 atom stereocenters. The summed E-state index contributed by atoms with van der Waals surface area (Å²) in [6.45, 7) is 0. The van der Waals surface area contributed by atoms with Gasteiger partial charge in [0.1, 0.15) is 0 Å². The molecule has 0 spiro atoms. The van der Waals surface area contributed by atoms with Gasteiger partial charge in [-0.05, 0) is 30.9 Å². The Morgan fingerprint density at radius 3 is 2.95 bits per heavy atom. The van der Waals surface area contributed by atoms with E-state index in [1.165, 1.54) is 24.2 Å². The maximum Gasteiger partial charge on any atom is 0.259 e. The predicted octanol–water partition coefficient (Wildman–Crippen LogP) is 3.95. The van der Waals surface area contributed by atoms with Crippen LogP contribution in [0.25, 0.3) is 0 Å². The summed E-state index contributed by atoms with van der Waals surface area (Å²) in [5.41, 5.74) is 0.441. The third kappa shape index (κ3) is 3.50. The lowest BCUT2D eigenvalue weighted by atomic mass is 10.2. The van der Waals surface area contributed by atoms with Gasteiger partial charge < -0.3 is 0 Å². The molecule has 0 radical (unpaired) electrons. The fourth-order valence-electron chi connectivity index (χ4n) is 1.60. The summed E-state index contributed by atoms with van der Waals surface area (Å²) in [6, 6.07) is 6.93. The monoisotopic (exact) mass is 325 g/mol. The molecule has 0 bridgehead atoms. The predicted molar refractivity (Wildman–Crippen MR) is 82.8 cm³/mol. The van der Waals surface area contributed by atoms with Crippen LogP contribution in [0.2, 0.25) is 5.02 Å². The molecule has 1 N–H and O–H groups in total. The maximum absolute atomic E-state index is 12.1.